The number of aromatic amines is 1. The van der Waals surface area contributed by atoms with Gasteiger partial charge in [-0.3, -0.25) is 4.79 Å². The molecule has 1 aromatic heterocycles. The van der Waals surface area contributed by atoms with Crippen LogP contribution in [0.3, 0.4) is 0 Å². The molecule has 0 unspecified atom stereocenters. The van der Waals surface area contributed by atoms with Crippen LogP contribution < -0.4 is 10.2 Å². The Labute approximate surface area is 119 Å². The molecule has 2 rings (SSSR count). The van der Waals surface area contributed by atoms with Gasteiger partial charge in [0, 0.05) is 25.0 Å². The van der Waals surface area contributed by atoms with Crippen molar-refractivity contribution in [3.05, 3.63) is 28.7 Å². The number of piperidine rings is 1. The quantitative estimate of drug-likeness (QED) is 0.824. The smallest absolute Gasteiger partial charge is 0.245 e. The molecule has 0 saturated carbocycles. The molecule has 1 aliphatic heterocycles. The molecule has 0 aromatic carbocycles. The molecule has 0 atom stereocenters. The van der Waals surface area contributed by atoms with E-state index in [1.54, 1.807) is 0 Å². The van der Waals surface area contributed by atoms with Crippen LogP contribution in [0.1, 0.15) is 19.8 Å². The van der Waals surface area contributed by atoms with Gasteiger partial charge in [-0.2, -0.15) is 0 Å². The zero-order valence-electron chi connectivity index (χ0n) is 11.6. The second kappa shape index (κ2) is 6.51. The van der Waals surface area contributed by atoms with Crippen LogP contribution in [0.15, 0.2) is 28.2 Å². The molecule has 0 amide bonds. The second-order valence-corrected chi connectivity index (χ2v) is 6.84. The topological polar surface area (TPSA) is 82.3 Å². The van der Waals surface area contributed by atoms with Gasteiger partial charge in [0.15, 0.2) is 0 Å². The number of nitrogens with zero attached hydrogens (tertiary/aromatic N) is 1. The predicted octanol–water partition coefficient (Wildman–Crippen LogP) is 0.385. The Morgan fingerprint density at radius 2 is 2.10 bits per heavy atom. The number of sulfonamides is 1. The molecule has 0 spiro atoms. The monoisotopic (exact) mass is 299 g/mol. The first kappa shape index (κ1) is 15.2. The van der Waals surface area contributed by atoms with Crippen LogP contribution in [-0.4, -0.2) is 44.5 Å². The van der Waals surface area contributed by atoms with Crippen LogP contribution in [-0.2, 0) is 10.0 Å². The molecule has 1 saturated heterocycles. The van der Waals surface area contributed by atoms with Crippen LogP contribution in [0.4, 0.5) is 0 Å². The van der Waals surface area contributed by atoms with Crippen molar-refractivity contribution in [1.82, 2.24) is 14.6 Å². The van der Waals surface area contributed by atoms with E-state index in [0.717, 1.165) is 32.5 Å². The standard InChI is InChI=1S/C13H21N3O3S/c1-2-16-7-4-11(5-8-16)9-15-20(18,19)13-10-14-6-3-12(13)17/h3,6,10-11,15H,2,4-5,7-9H2,1H3,(H,14,17). The van der Waals surface area contributed by atoms with Gasteiger partial charge in [-0.05, 0) is 38.4 Å². The first-order valence-corrected chi connectivity index (χ1v) is 8.40. The predicted molar refractivity (Wildman–Crippen MR) is 77.1 cm³/mol. The van der Waals surface area contributed by atoms with Gasteiger partial charge in [0.1, 0.15) is 4.90 Å². The Morgan fingerprint density at radius 3 is 2.70 bits per heavy atom. The molecule has 6 nitrogen and oxygen atoms in total. The average Bonchev–Trinajstić information content (AvgIpc) is 2.46. The zero-order valence-corrected chi connectivity index (χ0v) is 12.4. The van der Waals surface area contributed by atoms with E-state index in [9.17, 15) is 13.2 Å². The van der Waals surface area contributed by atoms with Gasteiger partial charge in [0.05, 0.1) is 0 Å². The molecular weight excluding hydrogens is 278 g/mol. The SMILES string of the molecule is CCN1CCC(CNS(=O)(=O)c2c[nH]ccc2=O)CC1. The van der Waals surface area contributed by atoms with Crippen LogP contribution in [0.5, 0.6) is 0 Å². The highest BCUT2D eigenvalue weighted by Crippen LogP contribution is 2.16. The van der Waals surface area contributed by atoms with Crippen molar-refractivity contribution in [2.45, 2.75) is 24.7 Å². The molecule has 0 bridgehead atoms. The fourth-order valence-electron chi connectivity index (χ4n) is 2.42. The zero-order chi connectivity index (χ0) is 14.6. The molecule has 0 radical (unpaired) electrons. The fraction of sp³-hybridized carbons (Fsp3) is 0.615. The maximum atomic E-state index is 12.1. The number of pyridine rings is 1. The van der Waals surface area contributed by atoms with Crippen molar-refractivity contribution < 1.29 is 8.42 Å². The van der Waals surface area contributed by atoms with Crippen LogP contribution in [0.25, 0.3) is 0 Å². The van der Waals surface area contributed by atoms with Crippen LogP contribution in [0, 0.1) is 5.92 Å². The van der Waals surface area contributed by atoms with E-state index in [-0.39, 0.29) is 4.90 Å². The van der Waals surface area contributed by atoms with Crippen molar-refractivity contribution in [3.63, 3.8) is 0 Å². The number of H-pyrrole nitrogens is 1. The first-order chi connectivity index (χ1) is 9.53. The molecule has 20 heavy (non-hydrogen) atoms. The number of aromatic nitrogens is 1. The average molecular weight is 299 g/mol. The summed E-state index contributed by atoms with van der Waals surface area (Å²) in [6.45, 7) is 5.58. The maximum Gasteiger partial charge on any atom is 0.245 e. The lowest BCUT2D eigenvalue weighted by Gasteiger charge is -2.30. The Morgan fingerprint density at radius 1 is 1.40 bits per heavy atom. The summed E-state index contributed by atoms with van der Waals surface area (Å²) >= 11 is 0. The van der Waals surface area contributed by atoms with Crippen molar-refractivity contribution >= 4 is 10.0 Å². The van der Waals surface area contributed by atoms with Crippen LogP contribution in [0.2, 0.25) is 0 Å². The minimum absolute atomic E-state index is 0.217. The highest BCUT2D eigenvalue weighted by atomic mass is 32.2. The lowest BCUT2D eigenvalue weighted by Crippen LogP contribution is -2.39. The van der Waals surface area contributed by atoms with E-state index in [4.69, 9.17) is 0 Å². The van der Waals surface area contributed by atoms with Crippen molar-refractivity contribution in [3.8, 4) is 0 Å². The summed E-state index contributed by atoms with van der Waals surface area (Å²) in [5.74, 6) is 0.343. The Kier molecular flexibility index (Phi) is 4.95. The van der Waals surface area contributed by atoms with Crippen LogP contribution >= 0.6 is 0 Å². The number of hydrogen-bond acceptors (Lipinski definition) is 4. The largest absolute Gasteiger partial charge is 0.366 e. The van der Waals surface area contributed by atoms with Crippen molar-refractivity contribution in [1.29, 1.82) is 0 Å². The number of rotatable bonds is 5. The summed E-state index contributed by atoms with van der Waals surface area (Å²) in [5.41, 5.74) is -0.489. The van der Waals surface area contributed by atoms with Gasteiger partial charge in [-0.1, -0.05) is 6.92 Å². The Balaban J connectivity index is 1.94. The molecule has 2 N–H and O–H groups in total. The highest BCUT2D eigenvalue weighted by Gasteiger charge is 2.22. The minimum Gasteiger partial charge on any atom is -0.366 e. The number of hydrogen-bond donors (Lipinski definition) is 2. The Hall–Kier alpha value is -1.18. The van der Waals surface area contributed by atoms with Crippen molar-refractivity contribution in [2.75, 3.05) is 26.2 Å². The fourth-order valence-corrected chi connectivity index (χ4v) is 3.59. The molecule has 0 aliphatic carbocycles. The molecule has 112 valence electrons. The third-order valence-corrected chi connectivity index (χ3v) is 5.24. The molecule has 2 heterocycles. The summed E-state index contributed by atoms with van der Waals surface area (Å²) in [7, 11) is -3.72. The summed E-state index contributed by atoms with van der Waals surface area (Å²) in [5, 5.41) is 0. The Bertz CT molecular complexity index is 589. The first-order valence-electron chi connectivity index (χ1n) is 6.92. The lowest BCUT2D eigenvalue weighted by atomic mass is 9.97. The van der Waals surface area contributed by atoms with Gasteiger partial charge in [-0.15, -0.1) is 0 Å². The summed E-state index contributed by atoms with van der Waals surface area (Å²) in [6.07, 6.45) is 4.62. The van der Waals surface area contributed by atoms with Crippen molar-refractivity contribution in [2.24, 2.45) is 5.92 Å². The van der Waals surface area contributed by atoms with E-state index in [1.807, 2.05) is 0 Å². The van der Waals surface area contributed by atoms with Gasteiger partial charge in [-0.25, -0.2) is 13.1 Å². The second-order valence-electron chi connectivity index (χ2n) is 5.10. The highest BCUT2D eigenvalue weighted by molar-refractivity contribution is 7.89. The van der Waals surface area contributed by atoms with Gasteiger partial charge in [0.25, 0.3) is 0 Å². The van der Waals surface area contributed by atoms with Gasteiger partial charge >= 0.3 is 0 Å². The third-order valence-electron chi connectivity index (χ3n) is 3.79. The van der Waals surface area contributed by atoms with E-state index in [1.165, 1.54) is 18.5 Å². The number of likely N-dealkylation sites (tertiary alicyclic amines) is 1. The van der Waals surface area contributed by atoms with E-state index < -0.39 is 15.5 Å². The maximum absolute atomic E-state index is 12.1. The third kappa shape index (κ3) is 3.68. The van der Waals surface area contributed by atoms with E-state index in [0.29, 0.717) is 12.5 Å². The van der Waals surface area contributed by atoms with Gasteiger partial charge < -0.3 is 9.88 Å². The summed E-state index contributed by atoms with van der Waals surface area (Å²) in [6, 6.07) is 1.22. The normalized spacial score (nSPS) is 18.2. The van der Waals surface area contributed by atoms with E-state index >= 15 is 0 Å². The molecular formula is C13H21N3O3S. The molecule has 1 aliphatic rings. The minimum atomic E-state index is -3.72. The number of nitrogens with one attached hydrogen (secondary N) is 2. The molecule has 1 aromatic rings. The van der Waals surface area contributed by atoms with E-state index in [2.05, 4.69) is 21.5 Å². The summed E-state index contributed by atoms with van der Waals surface area (Å²) < 4.78 is 26.7. The molecule has 7 heteroatoms. The summed E-state index contributed by atoms with van der Waals surface area (Å²) in [4.78, 5) is 16.3. The van der Waals surface area contributed by atoms with Gasteiger partial charge in [0.2, 0.25) is 15.5 Å². The lowest BCUT2D eigenvalue weighted by molar-refractivity contribution is 0.193. The molecule has 1 fully saturated rings.